The monoisotopic (exact) mass is 264 g/mol. The van der Waals surface area contributed by atoms with Gasteiger partial charge in [-0.3, -0.25) is 11.3 Å². The van der Waals surface area contributed by atoms with Gasteiger partial charge in [-0.2, -0.15) is 0 Å². The zero-order valence-electron chi connectivity index (χ0n) is 12.9. The van der Waals surface area contributed by atoms with E-state index in [4.69, 9.17) is 10.6 Å². The summed E-state index contributed by atoms with van der Waals surface area (Å²) in [6.45, 7) is 11.3. The van der Waals surface area contributed by atoms with Crippen LogP contribution in [0.15, 0.2) is 18.2 Å². The number of nitrogens with one attached hydrogen (secondary N) is 1. The molecule has 0 radical (unpaired) electrons. The van der Waals surface area contributed by atoms with Crippen molar-refractivity contribution in [3.63, 3.8) is 0 Å². The van der Waals surface area contributed by atoms with Crippen molar-refractivity contribution in [3.05, 3.63) is 34.9 Å². The normalized spacial score (nSPS) is 13.6. The van der Waals surface area contributed by atoms with Crippen LogP contribution in [0, 0.1) is 13.8 Å². The number of aryl methyl sites for hydroxylation is 2. The van der Waals surface area contributed by atoms with Crippen molar-refractivity contribution in [2.75, 3.05) is 6.61 Å². The maximum absolute atomic E-state index is 6.09. The van der Waals surface area contributed by atoms with Crippen molar-refractivity contribution in [2.45, 2.75) is 59.1 Å². The van der Waals surface area contributed by atoms with Gasteiger partial charge in [-0.1, -0.05) is 37.6 Å². The molecule has 0 bridgehead atoms. The summed E-state index contributed by atoms with van der Waals surface area (Å²) in [7, 11) is 0. The standard InChI is InChI=1S/C16H28N2O/c1-6-16(7-2,19-8-3)15(18-17)14-11-12(4)9-10-13(14)5/h9-11,15,18H,6-8,17H2,1-5H3. The van der Waals surface area contributed by atoms with E-state index in [9.17, 15) is 0 Å². The van der Waals surface area contributed by atoms with Crippen LogP contribution in [0.5, 0.6) is 0 Å². The molecular formula is C16H28N2O. The maximum atomic E-state index is 6.09. The first-order valence-electron chi connectivity index (χ1n) is 7.21. The van der Waals surface area contributed by atoms with Crippen molar-refractivity contribution in [1.82, 2.24) is 5.43 Å². The molecule has 1 atom stereocenters. The van der Waals surface area contributed by atoms with Gasteiger partial charge in [-0.15, -0.1) is 0 Å². The summed E-state index contributed by atoms with van der Waals surface area (Å²) in [5.41, 5.74) is 6.47. The van der Waals surface area contributed by atoms with Crippen molar-refractivity contribution in [3.8, 4) is 0 Å². The lowest BCUT2D eigenvalue weighted by Gasteiger charge is -2.40. The minimum atomic E-state index is -0.248. The molecule has 0 aromatic heterocycles. The molecular weight excluding hydrogens is 236 g/mol. The SMILES string of the molecule is CCOC(CC)(CC)C(NN)c1cc(C)ccc1C. The van der Waals surface area contributed by atoms with E-state index in [1.807, 2.05) is 6.92 Å². The van der Waals surface area contributed by atoms with Crippen LogP contribution in [-0.4, -0.2) is 12.2 Å². The van der Waals surface area contributed by atoms with Gasteiger partial charge in [-0.25, -0.2) is 0 Å². The van der Waals surface area contributed by atoms with Crippen LogP contribution in [0.25, 0.3) is 0 Å². The fraction of sp³-hybridized carbons (Fsp3) is 0.625. The fourth-order valence-electron chi connectivity index (χ4n) is 2.83. The molecule has 0 aliphatic rings. The number of hydrogen-bond acceptors (Lipinski definition) is 3. The highest BCUT2D eigenvalue weighted by molar-refractivity contribution is 5.34. The van der Waals surface area contributed by atoms with Crippen molar-refractivity contribution < 1.29 is 4.74 Å². The van der Waals surface area contributed by atoms with Crippen molar-refractivity contribution in [2.24, 2.45) is 5.84 Å². The average molecular weight is 264 g/mol. The summed E-state index contributed by atoms with van der Waals surface area (Å²) in [4.78, 5) is 0. The zero-order valence-corrected chi connectivity index (χ0v) is 12.9. The second-order valence-corrected chi connectivity index (χ2v) is 5.16. The first-order valence-corrected chi connectivity index (χ1v) is 7.21. The Balaban J connectivity index is 3.26. The van der Waals surface area contributed by atoms with Crippen LogP contribution in [0.1, 0.15) is 56.3 Å². The molecule has 3 N–H and O–H groups in total. The number of nitrogens with two attached hydrogens (primary N) is 1. The van der Waals surface area contributed by atoms with Crippen LogP contribution < -0.4 is 11.3 Å². The molecule has 3 heteroatoms. The molecule has 19 heavy (non-hydrogen) atoms. The largest absolute Gasteiger partial charge is 0.373 e. The van der Waals surface area contributed by atoms with Gasteiger partial charge in [0.2, 0.25) is 0 Å². The van der Waals surface area contributed by atoms with E-state index >= 15 is 0 Å². The van der Waals surface area contributed by atoms with Gasteiger partial charge >= 0.3 is 0 Å². The second-order valence-electron chi connectivity index (χ2n) is 5.16. The summed E-state index contributed by atoms with van der Waals surface area (Å²) < 4.78 is 6.09. The average Bonchev–Trinajstić information content (AvgIpc) is 2.42. The first kappa shape index (κ1) is 16.2. The van der Waals surface area contributed by atoms with Crippen molar-refractivity contribution in [1.29, 1.82) is 0 Å². The molecule has 1 unspecified atom stereocenters. The summed E-state index contributed by atoms with van der Waals surface area (Å²) in [5.74, 6) is 5.86. The third-order valence-electron chi connectivity index (χ3n) is 4.07. The summed E-state index contributed by atoms with van der Waals surface area (Å²) in [6.07, 6.45) is 1.86. The lowest BCUT2D eigenvalue weighted by molar-refractivity contribution is -0.0735. The molecule has 0 heterocycles. The van der Waals surface area contributed by atoms with Gasteiger partial charge in [0.25, 0.3) is 0 Å². The smallest absolute Gasteiger partial charge is 0.0883 e. The van der Waals surface area contributed by atoms with E-state index in [-0.39, 0.29) is 11.6 Å². The van der Waals surface area contributed by atoms with Crippen LogP contribution in [0.4, 0.5) is 0 Å². The number of hydrogen-bond donors (Lipinski definition) is 2. The molecule has 0 aliphatic heterocycles. The van der Waals surface area contributed by atoms with Gasteiger partial charge < -0.3 is 4.74 Å². The Morgan fingerprint density at radius 3 is 2.32 bits per heavy atom. The highest BCUT2D eigenvalue weighted by atomic mass is 16.5. The molecule has 3 nitrogen and oxygen atoms in total. The minimum absolute atomic E-state index is 0.0161. The van der Waals surface area contributed by atoms with Crippen LogP contribution >= 0.6 is 0 Å². The third kappa shape index (κ3) is 3.35. The number of ether oxygens (including phenoxy) is 1. The molecule has 1 aromatic rings. The van der Waals surface area contributed by atoms with Gasteiger partial charge in [0.15, 0.2) is 0 Å². The summed E-state index contributed by atoms with van der Waals surface area (Å²) in [6, 6.07) is 6.50. The Labute approximate surface area is 117 Å². The molecule has 0 fully saturated rings. The van der Waals surface area contributed by atoms with Gasteiger partial charge in [0, 0.05) is 6.61 Å². The molecule has 0 saturated carbocycles. The van der Waals surface area contributed by atoms with E-state index in [2.05, 4.69) is 51.3 Å². The quantitative estimate of drug-likeness (QED) is 0.586. The van der Waals surface area contributed by atoms with E-state index in [1.165, 1.54) is 16.7 Å². The predicted molar refractivity (Wildman–Crippen MR) is 80.9 cm³/mol. The van der Waals surface area contributed by atoms with Crippen molar-refractivity contribution >= 4 is 0 Å². The zero-order chi connectivity index (χ0) is 14.5. The summed E-state index contributed by atoms with van der Waals surface area (Å²) in [5, 5.41) is 0. The van der Waals surface area contributed by atoms with E-state index < -0.39 is 0 Å². The predicted octanol–water partition coefficient (Wildman–Crippen LogP) is 3.40. The topological polar surface area (TPSA) is 47.3 Å². The second kappa shape index (κ2) is 7.04. The molecule has 0 saturated heterocycles. The highest BCUT2D eigenvalue weighted by Crippen LogP contribution is 2.36. The molecule has 0 aliphatic carbocycles. The number of rotatable bonds is 7. The molecule has 0 amide bonds. The lowest BCUT2D eigenvalue weighted by Crippen LogP contribution is -2.48. The molecule has 108 valence electrons. The third-order valence-corrected chi connectivity index (χ3v) is 4.07. The molecule has 1 aromatic carbocycles. The maximum Gasteiger partial charge on any atom is 0.0883 e. The number of hydrazine groups is 1. The Hall–Kier alpha value is -0.900. The van der Waals surface area contributed by atoms with Crippen LogP contribution in [0.3, 0.4) is 0 Å². The molecule has 1 rings (SSSR count). The van der Waals surface area contributed by atoms with Gasteiger partial charge in [-0.05, 0) is 44.7 Å². The van der Waals surface area contributed by atoms with E-state index in [0.717, 1.165) is 12.8 Å². The van der Waals surface area contributed by atoms with Gasteiger partial charge in [0.1, 0.15) is 0 Å². The number of benzene rings is 1. The van der Waals surface area contributed by atoms with E-state index in [1.54, 1.807) is 0 Å². The Morgan fingerprint density at radius 1 is 1.21 bits per heavy atom. The van der Waals surface area contributed by atoms with Crippen LogP contribution in [0.2, 0.25) is 0 Å². The lowest BCUT2D eigenvalue weighted by atomic mass is 9.82. The molecule has 0 spiro atoms. The highest BCUT2D eigenvalue weighted by Gasteiger charge is 2.37. The van der Waals surface area contributed by atoms with Gasteiger partial charge in [0.05, 0.1) is 11.6 Å². The van der Waals surface area contributed by atoms with Crippen LogP contribution in [-0.2, 0) is 4.74 Å². The fourth-order valence-corrected chi connectivity index (χ4v) is 2.83. The van der Waals surface area contributed by atoms with E-state index in [0.29, 0.717) is 6.61 Å². The first-order chi connectivity index (χ1) is 9.04. The Kier molecular flexibility index (Phi) is 5.98. The Morgan fingerprint density at radius 2 is 1.84 bits per heavy atom. The minimum Gasteiger partial charge on any atom is -0.373 e. The Bertz CT molecular complexity index is 400. The summed E-state index contributed by atoms with van der Waals surface area (Å²) >= 11 is 0.